The molecule has 0 radical (unpaired) electrons. The zero-order valence-corrected chi connectivity index (χ0v) is 14.8. The highest BCUT2D eigenvalue weighted by molar-refractivity contribution is 8.01. The number of hydrogen-bond donors (Lipinski definition) is 2. The van der Waals surface area contributed by atoms with Gasteiger partial charge < -0.3 is 15.3 Å². The number of thioether (sulfide) groups is 1. The highest BCUT2D eigenvalue weighted by atomic mass is 32.2. The fourth-order valence-corrected chi connectivity index (χ4v) is 5.02. The van der Waals surface area contributed by atoms with Gasteiger partial charge >= 0.3 is 5.97 Å². The van der Waals surface area contributed by atoms with Crippen LogP contribution in [-0.4, -0.2) is 62.4 Å². The van der Waals surface area contributed by atoms with Crippen LogP contribution in [0.2, 0.25) is 0 Å². The van der Waals surface area contributed by atoms with Gasteiger partial charge in [0.2, 0.25) is 11.8 Å². The summed E-state index contributed by atoms with van der Waals surface area (Å²) in [4.78, 5) is 37.1. The van der Waals surface area contributed by atoms with Crippen LogP contribution in [0.4, 0.5) is 0 Å². The SMILES string of the molecule is Cc1nnc(SCC(=O)N2CCC3(CC2)NC(=O)C[C@@H]3C(=O)O)s1. The first-order valence-electron chi connectivity index (χ1n) is 7.64. The summed E-state index contributed by atoms with van der Waals surface area (Å²) in [5.74, 6) is -1.59. The molecule has 2 aliphatic rings. The monoisotopic (exact) mass is 370 g/mol. The first-order chi connectivity index (χ1) is 11.4. The molecule has 1 atom stereocenters. The Balaban J connectivity index is 1.55. The van der Waals surface area contributed by atoms with Gasteiger partial charge in [0.25, 0.3) is 0 Å². The molecule has 24 heavy (non-hydrogen) atoms. The van der Waals surface area contributed by atoms with Gasteiger partial charge in [-0.15, -0.1) is 10.2 Å². The molecule has 1 aromatic heterocycles. The summed E-state index contributed by atoms with van der Waals surface area (Å²) < 4.78 is 0.767. The van der Waals surface area contributed by atoms with E-state index in [-0.39, 0.29) is 24.0 Å². The Morgan fingerprint density at radius 2 is 2.12 bits per heavy atom. The topological polar surface area (TPSA) is 112 Å². The van der Waals surface area contributed by atoms with Gasteiger partial charge in [0, 0.05) is 19.5 Å². The molecule has 3 heterocycles. The summed E-state index contributed by atoms with van der Waals surface area (Å²) in [5.41, 5.74) is -0.705. The average molecular weight is 370 g/mol. The van der Waals surface area contributed by atoms with Gasteiger partial charge in [-0.3, -0.25) is 14.4 Å². The number of likely N-dealkylation sites (tertiary alicyclic amines) is 1. The molecule has 0 bridgehead atoms. The fraction of sp³-hybridized carbons (Fsp3) is 0.643. The third-order valence-electron chi connectivity index (χ3n) is 4.58. The van der Waals surface area contributed by atoms with E-state index in [1.807, 2.05) is 6.92 Å². The third-order valence-corrected chi connectivity index (χ3v) is 6.53. The third kappa shape index (κ3) is 3.39. The van der Waals surface area contributed by atoms with Crippen molar-refractivity contribution in [2.45, 2.75) is 36.1 Å². The van der Waals surface area contributed by atoms with Crippen molar-refractivity contribution in [3.63, 3.8) is 0 Å². The minimum absolute atomic E-state index is 0.00102. The van der Waals surface area contributed by atoms with Crippen molar-refractivity contribution in [1.82, 2.24) is 20.4 Å². The molecule has 130 valence electrons. The van der Waals surface area contributed by atoms with Crippen molar-refractivity contribution >= 4 is 40.9 Å². The van der Waals surface area contributed by atoms with E-state index in [0.717, 1.165) is 9.35 Å². The van der Waals surface area contributed by atoms with Crippen molar-refractivity contribution in [2.75, 3.05) is 18.8 Å². The van der Waals surface area contributed by atoms with Crippen molar-refractivity contribution in [3.8, 4) is 0 Å². The molecule has 1 spiro atoms. The first kappa shape index (κ1) is 17.2. The van der Waals surface area contributed by atoms with Crippen LogP contribution >= 0.6 is 23.1 Å². The molecular weight excluding hydrogens is 352 g/mol. The van der Waals surface area contributed by atoms with Crippen LogP contribution in [0.1, 0.15) is 24.3 Å². The van der Waals surface area contributed by atoms with Gasteiger partial charge in [-0.25, -0.2) is 0 Å². The molecule has 1 aromatic rings. The number of amides is 2. The molecule has 2 N–H and O–H groups in total. The minimum atomic E-state index is -0.949. The standard InChI is InChI=1S/C14H18N4O4S2/c1-8-16-17-13(24-8)23-7-11(20)18-4-2-14(3-5-18)9(12(21)22)6-10(19)15-14/h9H,2-7H2,1H3,(H,15,19)(H,21,22)/t9-/m1/s1. The minimum Gasteiger partial charge on any atom is -0.481 e. The summed E-state index contributed by atoms with van der Waals surface area (Å²) in [6, 6.07) is 0. The van der Waals surface area contributed by atoms with Crippen molar-refractivity contribution in [2.24, 2.45) is 5.92 Å². The summed E-state index contributed by atoms with van der Waals surface area (Å²) in [6.45, 7) is 2.78. The number of aromatic nitrogens is 2. The molecule has 2 saturated heterocycles. The lowest BCUT2D eigenvalue weighted by atomic mass is 9.78. The maximum atomic E-state index is 12.3. The van der Waals surface area contributed by atoms with Crippen molar-refractivity contribution in [1.29, 1.82) is 0 Å². The van der Waals surface area contributed by atoms with Crippen LogP contribution < -0.4 is 5.32 Å². The molecule has 0 saturated carbocycles. The number of piperidine rings is 1. The quantitative estimate of drug-likeness (QED) is 0.743. The number of aliphatic carboxylic acids is 1. The van der Waals surface area contributed by atoms with E-state index in [4.69, 9.17) is 0 Å². The van der Waals surface area contributed by atoms with E-state index >= 15 is 0 Å². The summed E-state index contributed by atoms with van der Waals surface area (Å²) in [6.07, 6.45) is 0.976. The van der Waals surface area contributed by atoms with E-state index in [9.17, 15) is 19.5 Å². The largest absolute Gasteiger partial charge is 0.481 e. The van der Waals surface area contributed by atoms with Crippen LogP contribution in [0.5, 0.6) is 0 Å². The van der Waals surface area contributed by atoms with Gasteiger partial charge in [0.15, 0.2) is 4.34 Å². The predicted octanol–water partition coefficient (Wildman–Crippen LogP) is 0.521. The summed E-state index contributed by atoms with van der Waals surface area (Å²) >= 11 is 2.82. The van der Waals surface area contributed by atoms with Crippen LogP contribution in [0.3, 0.4) is 0 Å². The molecule has 3 rings (SSSR count). The number of carboxylic acid groups (broad SMARTS) is 1. The second-order valence-corrected chi connectivity index (χ2v) is 8.46. The molecular formula is C14H18N4O4S2. The highest BCUT2D eigenvalue weighted by Crippen LogP contribution is 2.37. The number of carboxylic acids is 1. The normalized spacial score (nSPS) is 22.6. The number of nitrogens with one attached hydrogen (secondary N) is 1. The molecule has 0 aliphatic carbocycles. The number of carbonyl (C=O) groups excluding carboxylic acids is 2. The van der Waals surface area contributed by atoms with Gasteiger partial charge in [-0.1, -0.05) is 23.1 Å². The molecule has 2 aliphatic heterocycles. The average Bonchev–Trinajstić information content (AvgIpc) is 3.09. The molecule has 2 fully saturated rings. The Labute approximate surface area is 147 Å². The Kier molecular flexibility index (Phi) is 4.77. The van der Waals surface area contributed by atoms with Gasteiger partial charge in [0.05, 0.1) is 17.2 Å². The van der Waals surface area contributed by atoms with Crippen LogP contribution in [-0.2, 0) is 14.4 Å². The Morgan fingerprint density at radius 1 is 1.42 bits per heavy atom. The van der Waals surface area contributed by atoms with Crippen molar-refractivity contribution in [3.05, 3.63) is 5.01 Å². The summed E-state index contributed by atoms with van der Waals surface area (Å²) in [7, 11) is 0. The maximum Gasteiger partial charge on any atom is 0.309 e. The number of rotatable bonds is 4. The van der Waals surface area contributed by atoms with Crippen LogP contribution in [0.15, 0.2) is 4.34 Å². The van der Waals surface area contributed by atoms with E-state index < -0.39 is 17.4 Å². The zero-order valence-electron chi connectivity index (χ0n) is 13.2. The first-order valence-corrected chi connectivity index (χ1v) is 9.44. The Hall–Kier alpha value is -1.68. The Bertz CT molecular complexity index is 669. The molecule has 0 unspecified atom stereocenters. The molecule has 10 heteroatoms. The second kappa shape index (κ2) is 6.67. The fourth-order valence-electron chi connectivity index (χ4n) is 3.30. The lowest BCUT2D eigenvalue weighted by molar-refractivity contribution is -0.145. The number of hydrogen-bond acceptors (Lipinski definition) is 7. The summed E-state index contributed by atoms with van der Waals surface area (Å²) in [5, 5.41) is 20.9. The molecule has 2 amide bonds. The van der Waals surface area contributed by atoms with Crippen molar-refractivity contribution < 1.29 is 19.5 Å². The van der Waals surface area contributed by atoms with E-state index in [1.54, 1.807) is 4.90 Å². The number of nitrogens with zero attached hydrogens (tertiary/aromatic N) is 3. The lowest BCUT2D eigenvalue weighted by Crippen LogP contribution is -2.56. The smallest absolute Gasteiger partial charge is 0.309 e. The molecule has 8 nitrogen and oxygen atoms in total. The van der Waals surface area contributed by atoms with E-state index in [0.29, 0.717) is 25.9 Å². The number of aryl methyl sites for hydroxylation is 1. The lowest BCUT2D eigenvalue weighted by Gasteiger charge is -2.41. The second-order valence-electron chi connectivity index (χ2n) is 6.06. The van der Waals surface area contributed by atoms with Gasteiger partial charge in [-0.2, -0.15) is 0 Å². The van der Waals surface area contributed by atoms with E-state index in [2.05, 4.69) is 15.5 Å². The zero-order chi connectivity index (χ0) is 17.3. The predicted molar refractivity (Wildman–Crippen MR) is 87.8 cm³/mol. The maximum absolute atomic E-state index is 12.3. The van der Waals surface area contributed by atoms with Gasteiger partial charge in [0.1, 0.15) is 5.01 Å². The number of carbonyl (C=O) groups is 3. The Morgan fingerprint density at radius 3 is 2.71 bits per heavy atom. The highest BCUT2D eigenvalue weighted by Gasteiger charge is 2.51. The van der Waals surface area contributed by atoms with Crippen LogP contribution in [0.25, 0.3) is 0 Å². The van der Waals surface area contributed by atoms with Gasteiger partial charge in [-0.05, 0) is 19.8 Å². The molecule has 0 aromatic carbocycles. The van der Waals surface area contributed by atoms with E-state index in [1.165, 1.54) is 23.1 Å². The van der Waals surface area contributed by atoms with Crippen LogP contribution in [0, 0.1) is 12.8 Å².